The normalized spacial score (nSPS) is 18.8. The zero-order chi connectivity index (χ0) is 23.4. The van der Waals surface area contributed by atoms with Gasteiger partial charge in [0.1, 0.15) is 0 Å². The van der Waals surface area contributed by atoms with Crippen molar-refractivity contribution in [2.75, 3.05) is 39.3 Å². The van der Waals surface area contributed by atoms with Crippen molar-refractivity contribution in [1.82, 2.24) is 14.1 Å². The fourth-order valence-electron chi connectivity index (χ4n) is 4.78. The third-order valence-corrected chi connectivity index (χ3v) is 8.82. The Morgan fingerprint density at radius 2 is 1.58 bits per heavy atom. The number of hydrogen-bond donors (Lipinski definition) is 0. The van der Waals surface area contributed by atoms with Crippen molar-refractivity contribution in [2.24, 2.45) is 0 Å². The molecule has 2 aliphatic heterocycles. The fourth-order valence-corrected chi connectivity index (χ4v) is 6.32. The van der Waals surface area contributed by atoms with Gasteiger partial charge in [-0.1, -0.05) is 36.8 Å². The average Bonchev–Trinajstić information content (AvgIpc) is 3.06. The highest BCUT2D eigenvalue weighted by Crippen LogP contribution is 2.24. The number of amides is 1. The highest BCUT2D eigenvalue weighted by molar-refractivity contribution is 7.89. The smallest absolute Gasteiger partial charge is 0.254 e. The molecule has 0 atom stereocenters. The monoisotopic (exact) mass is 469 g/mol. The van der Waals surface area contributed by atoms with Gasteiger partial charge < -0.3 is 4.90 Å². The Labute approximate surface area is 198 Å². The average molecular weight is 470 g/mol. The lowest BCUT2D eigenvalue weighted by atomic mass is 10.1. The molecule has 0 spiro atoms. The lowest BCUT2D eigenvalue weighted by Crippen LogP contribution is -2.37. The van der Waals surface area contributed by atoms with E-state index in [0.717, 1.165) is 50.9 Å². The molecule has 0 saturated carbocycles. The van der Waals surface area contributed by atoms with E-state index in [1.807, 2.05) is 11.8 Å². The molecule has 2 fully saturated rings. The van der Waals surface area contributed by atoms with E-state index in [9.17, 15) is 13.2 Å². The molecule has 0 N–H and O–H groups in total. The number of benzene rings is 2. The van der Waals surface area contributed by atoms with Gasteiger partial charge in [-0.25, -0.2) is 8.42 Å². The molecule has 4 rings (SSSR count). The Bertz CT molecular complexity index is 1090. The Kier molecular flexibility index (Phi) is 7.51. The lowest BCUT2D eigenvalue weighted by molar-refractivity contribution is 0.0760. The predicted molar refractivity (Wildman–Crippen MR) is 131 cm³/mol. The quantitative estimate of drug-likeness (QED) is 0.668. The number of sulfonamides is 1. The Morgan fingerprint density at radius 1 is 0.818 bits per heavy atom. The van der Waals surface area contributed by atoms with Gasteiger partial charge in [0.2, 0.25) is 10.0 Å². The number of hydrogen-bond acceptors (Lipinski definition) is 4. The zero-order valence-corrected chi connectivity index (χ0v) is 20.6. The molecule has 2 aromatic rings. The Balaban J connectivity index is 1.47. The Hall–Kier alpha value is -2.22. The van der Waals surface area contributed by atoms with E-state index in [0.29, 0.717) is 31.7 Å². The van der Waals surface area contributed by atoms with Crippen LogP contribution in [0, 0.1) is 13.8 Å². The highest BCUT2D eigenvalue weighted by Gasteiger charge is 2.28. The summed E-state index contributed by atoms with van der Waals surface area (Å²) < 4.78 is 27.8. The van der Waals surface area contributed by atoms with E-state index in [4.69, 9.17) is 0 Å². The minimum Gasteiger partial charge on any atom is -0.337 e. The number of nitrogens with zero attached hydrogens (tertiary/aromatic N) is 3. The van der Waals surface area contributed by atoms with Crippen LogP contribution in [-0.2, 0) is 16.6 Å². The first-order chi connectivity index (χ1) is 15.9. The summed E-state index contributed by atoms with van der Waals surface area (Å²) in [6.45, 7) is 9.11. The van der Waals surface area contributed by atoms with Gasteiger partial charge in [0, 0.05) is 51.4 Å². The molecule has 0 aliphatic carbocycles. The van der Waals surface area contributed by atoms with Crippen LogP contribution in [0.5, 0.6) is 0 Å². The predicted octanol–water partition coefficient (Wildman–Crippen LogP) is 3.83. The molecule has 7 heteroatoms. The van der Waals surface area contributed by atoms with Gasteiger partial charge in [0.25, 0.3) is 5.91 Å². The second-order valence-electron chi connectivity index (χ2n) is 9.29. The number of piperidine rings is 1. The number of aryl methyl sites for hydroxylation is 2. The maximum atomic E-state index is 13.4. The van der Waals surface area contributed by atoms with Crippen LogP contribution in [0.25, 0.3) is 0 Å². The summed E-state index contributed by atoms with van der Waals surface area (Å²) >= 11 is 0. The first-order valence-electron chi connectivity index (χ1n) is 12.0. The van der Waals surface area contributed by atoms with Crippen LogP contribution >= 0.6 is 0 Å². The van der Waals surface area contributed by atoms with Gasteiger partial charge in [0.15, 0.2) is 0 Å². The molecule has 2 aromatic carbocycles. The van der Waals surface area contributed by atoms with Gasteiger partial charge in [0.05, 0.1) is 4.90 Å². The van der Waals surface area contributed by atoms with E-state index >= 15 is 0 Å². The van der Waals surface area contributed by atoms with E-state index in [1.165, 1.54) is 11.1 Å². The van der Waals surface area contributed by atoms with Crippen LogP contribution in [-0.4, -0.2) is 67.7 Å². The third kappa shape index (κ3) is 5.48. The summed E-state index contributed by atoms with van der Waals surface area (Å²) in [5, 5.41) is 0. The van der Waals surface area contributed by atoms with E-state index in [2.05, 4.69) is 36.1 Å². The van der Waals surface area contributed by atoms with Crippen molar-refractivity contribution >= 4 is 15.9 Å². The van der Waals surface area contributed by atoms with E-state index in [1.54, 1.807) is 22.5 Å². The SMILES string of the molecule is Cc1ccccc1CN1CCCN(C(=O)c2cc(S(=O)(=O)N3CCCCC3)ccc2C)CC1. The van der Waals surface area contributed by atoms with Gasteiger partial charge in [-0.3, -0.25) is 9.69 Å². The van der Waals surface area contributed by atoms with E-state index < -0.39 is 10.0 Å². The largest absolute Gasteiger partial charge is 0.337 e. The molecular weight excluding hydrogens is 434 g/mol. The second-order valence-corrected chi connectivity index (χ2v) is 11.2. The van der Waals surface area contributed by atoms with Crippen LogP contribution < -0.4 is 0 Å². The number of carbonyl (C=O) groups excluding carboxylic acids is 1. The summed E-state index contributed by atoms with van der Waals surface area (Å²) in [6.07, 6.45) is 3.76. The van der Waals surface area contributed by atoms with Crippen molar-refractivity contribution in [2.45, 2.75) is 51.0 Å². The van der Waals surface area contributed by atoms with Gasteiger partial charge >= 0.3 is 0 Å². The molecule has 0 aromatic heterocycles. The van der Waals surface area contributed by atoms with Crippen LogP contribution in [0.4, 0.5) is 0 Å². The molecular formula is C26H35N3O3S. The van der Waals surface area contributed by atoms with E-state index in [-0.39, 0.29) is 10.8 Å². The highest BCUT2D eigenvalue weighted by atomic mass is 32.2. The fraction of sp³-hybridized carbons (Fsp3) is 0.500. The van der Waals surface area contributed by atoms with Gasteiger partial charge in [-0.2, -0.15) is 4.31 Å². The summed E-state index contributed by atoms with van der Waals surface area (Å²) in [5.41, 5.74) is 3.93. The minimum atomic E-state index is -3.57. The van der Waals surface area contributed by atoms with Crippen molar-refractivity contribution in [3.63, 3.8) is 0 Å². The van der Waals surface area contributed by atoms with Crippen LogP contribution in [0.3, 0.4) is 0 Å². The minimum absolute atomic E-state index is 0.0686. The van der Waals surface area contributed by atoms with Crippen molar-refractivity contribution in [3.8, 4) is 0 Å². The topological polar surface area (TPSA) is 60.9 Å². The maximum Gasteiger partial charge on any atom is 0.254 e. The summed E-state index contributed by atoms with van der Waals surface area (Å²) in [6, 6.07) is 13.4. The second kappa shape index (κ2) is 10.4. The molecule has 0 unspecified atom stereocenters. The summed E-state index contributed by atoms with van der Waals surface area (Å²) in [7, 11) is -3.57. The molecule has 1 amide bonds. The number of carbonyl (C=O) groups is 1. The summed E-state index contributed by atoms with van der Waals surface area (Å²) in [5.74, 6) is -0.0686. The van der Waals surface area contributed by atoms with Crippen molar-refractivity contribution < 1.29 is 13.2 Å². The van der Waals surface area contributed by atoms with Crippen LogP contribution in [0.2, 0.25) is 0 Å². The molecule has 2 aliphatic rings. The first kappa shape index (κ1) is 23.9. The standard InChI is InChI=1S/C26H35N3O3S/c1-21-9-4-5-10-23(21)20-27-13-8-14-28(18-17-27)26(30)25-19-24(12-11-22(25)2)33(31,32)29-15-6-3-7-16-29/h4-5,9-12,19H,3,6-8,13-18,20H2,1-2H3. The van der Waals surface area contributed by atoms with Crippen LogP contribution in [0.15, 0.2) is 47.4 Å². The molecule has 0 radical (unpaired) electrons. The molecule has 2 saturated heterocycles. The number of rotatable bonds is 5. The molecule has 0 bridgehead atoms. The summed E-state index contributed by atoms with van der Waals surface area (Å²) in [4.78, 5) is 18.0. The molecule has 33 heavy (non-hydrogen) atoms. The molecule has 6 nitrogen and oxygen atoms in total. The van der Waals surface area contributed by atoms with Crippen molar-refractivity contribution in [3.05, 3.63) is 64.7 Å². The lowest BCUT2D eigenvalue weighted by Gasteiger charge is -2.26. The first-order valence-corrected chi connectivity index (χ1v) is 13.5. The zero-order valence-electron chi connectivity index (χ0n) is 19.8. The third-order valence-electron chi connectivity index (χ3n) is 6.92. The maximum absolute atomic E-state index is 13.4. The Morgan fingerprint density at radius 3 is 2.33 bits per heavy atom. The molecule has 178 valence electrons. The van der Waals surface area contributed by atoms with Gasteiger partial charge in [-0.15, -0.1) is 0 Å². The van der Waals surface area contributed by atoms with Crippen molar-refractivity contribution in [1.29, 1.82) is 0 Å². The van der Waals surface area contributed by atoms with Gasteiger partial charge in [-0.05, 0) is 61.9 Å². The molecule has 2 heterocycles. The van der Waals surface area contributed by atoms with Crippen LogP contribution in [0.1, 0.15) is 52.7 Å².